The molecule has 3 N–H and O–H groups in total. The molecule has 3 rings (SSSR count). The summed E-state index contributed by atoms with van der Waals surface area (Å²) >= 11 is 0. The van der Waals surface area contributed by atoms with Crippen molar-refractivity contribution in [2.24, 2.45) is 7.05 Å². The van der Waals surface area contributed by atoms with Crippen molar-refractivity contribution >= 4 is 23.7 Å². The molecule has 0 atom stereocenters. The number of carbonyl (C=O) groups excluding carboxylic acids is 2. The van der Waals surface area contributed by atoms with Gasteiger partial charge in [0.1, 0.15) is 0 Å². The van der Waals surface area contributed by atoms with E-state index in [0.717, 1.165) is 49.9 Å². The zero-order valence-electron chi connectivity index (χ0n) is 21.4. The van der Waals surface area contributed by atoms with Gasteiger partial charge in [-0.2, -0.15) is 15.2 Å². The molecule has 2 heterocycles. The molecule has 1 fully saturated rings. The van der Waals surface area contributed by atoms with Crippen molar-refractivity contribution in [2.45, 2.75) is 84.5 Å². The maximum Gasteiger partial charge on any atom is 0.344 e. The number of urea groups is 2. The van der Waals surface area contributed by atoms with Crippen molar-refractivity contribution < 1.29 is 9.59 Å². The summed E-state index contributed by atoms with van der Waals surface area (Å²) in [5.74, 6) is 1.45. The molecule has 1 aliphatic rings. The molecule has 0 bridgehead atoms. The Labute approximate surface area is 202 Å². The number of hydrogen-bond donors (Lipinski definition) is 3. The number of hydrogen-bond acceptors (Lipinski definition) is 4. The SMILES string of the molecule is CCCCNC(=O)Nc1cc(C(C)(C)C)nn1N(C(=O)NCCCC)c1cc(C2CC2)nn1C. The lowest BCUT2D eigenvalue weighted by atomic mass is 9.92. The molecule has 1 saturated carbocycles. The number of nitrogens with zero attached hydrogens (tertiary/aromatic N) is 5. The minimum absolute atomic E-state index is 0.281. The Morgan fingerprint density at radius 3 is 2.29 bits per heavy atom. The summed E-state index contributed by atoms with van der Waals surface area (Å²) in [6.45, 7) is 11.4. The summed E-state index contributed by atoms with van der Waals surface area (Å²) in [6, 6.07) is 3.12. The molecule has 0 saturated heterocycles. The number of amides is 4. The molecule has 0 aliphatic heterocycles. The predicted molar refractivity (Wildman–Crippen MR) is 134 cm³/mol. The molecule has 10 nitrogen and oxygen atoms in total. The normalized spacial score (nSPS) is 13.6. The van der Waals surface area contributed by atoms with E-state index >= 15 is 0 Å². The highest BCUT2D eigenvalue weighted by atomic mass is 16.2. The van der Waals surface area contributed by atoms with E-state index in [-0.39, 0.29) is 17.5 Å². The zero-order valence-corrected chi connectivity index (χ0v) is 21.4. The van der Waals surface area contributed by atoms with Crippen LogP contribution >= 0.6 is 0 Å². The first kappa shape index (κ1) is 25.6. The van der Waals surface area contributed by atoms with Gasteiger partial charge in [-0.25, -0.2) is 9.59 Å². The van der Waals surface area contributed by atoms with Gasteiger partial charge >= 0.3 is 12.1 Å². The first-order chi connectivity index (χ1) is 16.2. The van der Waals surface area contributed by atoms with Crippen LogP contribution in [0.15, 0.2) is 12.1 Å². The predicted octanol–water partition coefficient (Wildman–Crippen LogP) is 4.49. The van der Waals surface area contributed by atoms with Gasteiger partial charge in [0.25, 0.3) is 0 Å². The number of carbonyl (C=O) groups is 2. The second-order valence-electron chi connectivity index (χ2n) is 10.0. The fraction of sp³-hybridized carbons (Fsp3) is 0.667. The van der Waals surface area contributed by atoms with Crippen molar-refractivity contribution in [3.05, 3.63) is 23.5 Å². The minimum atomic E-state index is -0.329. The van der Waals surface area contributed by atoms with Crippen LogP contribution in [0.25, 0.3) is 0 Å². The van der Waals surface area contributed by atoms with E-state index in [1.165, 1.54) is 9.80 Å². The number of aryl methyl sites for hydroxylation is 1. The molecule has 2 aromatic rings. The van der Waals surface area contributed by atoms with Crippen LogP contribution in [0.2, 0.25) is 0 Å². The summed E-state index contributed by atoms with van der Waals surface area (Å²) in [4.78, 5) is 27.5. The Bertz CT molecular complexity index is 984. The Morgan fingerprint density at radius 2 is 1.71 bits per heavy atom. The highest BCUT2D eigenvalue weighted by Crippen LogP contribution is 2.40. The average Bonchev–Trinajstić information content (AvgIpc) is 3.43. The number of aromatic nitrogens is 4. The van der Waals surface area contributed by atoms with Crippen LogP contribution in [-0.4, -0.2) is 44.8 Å². The van der Waals surface area contributed by atoms with E-state index in [1.54, 1.807) is 4.68 Å². The molecular weight excluding hydrogens is 432 g/mol. The van der Waals surface area contributed by atoms with Gasteiger partial charge in [0.2, 0.25) is 0 Å². The van der Waals surface area contributed by atoms with Crippen LogP contribution in [0.5, 0.6) is 0 Å². The van der Waals surface area contributed by atoms with E-state index in [1.807, 2.05) is 40.0 Å². The molecule has 0 aromatic carbocycles. The second-order valence-corrected chi connectivity index (χ2v) is 10.0. The van der Waals surface area contributed by atoms with Gasteiger partial charge < -0.3 is 10.6 Å². The Balaban J connectivity index is 2.01. The maximum absolute atomic E-state index is 13.5. The molecule has 0 unspecified atom stereocenters. The largest absolute Gasteiger partial charge is 0.344 e. The van der Waals surface area contributed by atoms with Gasteiger partial charge in [-0.15, -0.1) is 4.79 Å². The van der Waals surface area contributed by atoms with Crippen molar-refractivity contribution in [3.63, 3.8) is 0 Å². The summed E-state index contributed by atoms with van der Waals surface area (Å²) < 4.78 is 1.70. The molecule has 188 valence electrons. The van der Waals surface area contributed by atoms with Crippen molar-refractivity contribution in [3.8, 4) is 0 Å². The lowest BCUT2D eigenvalue weighted by molar-refractivity contribution is 0.242. The Morgan fingerprint density at radius 1 is 1.06 bits per heavy atom. The molecule has 10 heteroatoms. The third-order valence-electron chi connectivity index (χ3n) is 5.79. The standard InChI is InChI=1S/C24H40N8O2/c1-7-9-13-25-22(33)27-20-16-19(24(3,4)5)29-32(20)31(23(34)26-14-10-8-2)21-15-18(17-11-12-17)28-30(21)6/h15-17H,7-14H2,1-6H3,(H,26,34)(H2,25,27,33). The molecular formula is C24H40N8O2. The monoisotopic (exact) mass is 472 g/mol. The van der Waals surface area contributed by atoms with Crippen LogP contribution < -0.4 is 21.0 Å². The van der Waals surface area contributed by atoms with Gasteiger partial charge in [0, 0.05) is 43.6 Å². The molecule has 2 aromatic heterocycles. The quantitative estimate of drug-likeness (QED) is 0.443. The molecule has 0 radical (unpaired) electrons. The van der Waals surface area contributed by atoms with Crippen molar-refractivity contribution in [2.75, 3.05) is 23.4 Å². The van der Waals surface area contributed by atoms with Gasteiger partial charge in [-0.1, -0.05) is 47.5 Å². The van der Waals surface area contributed by atoms with Gasteiger partial charge in [-0.3, -0.25) is 10.00 Å². The third-order valence-corrected chi connectivity index (χ3v) is 5.79. The van der Waals surface area contributed by atoms with Gasteiger partial charge in [0.05, 0.1) is 11.4 Å². The number of rotatable bonds is 10. The maximum atomic E-state index is 13.5. The topological polar surface area (TPSA) is 109 Å². The highest BCUT2D eigenvalue weighted by Gasteiger charge is 2.32. The van der Waals surface area contributed by atoms with Crippen molar-refractivity contribution in [1.29, 1.82) is 0 Å². The van der Waals surface area contributed by atoms with Crippen LogP contribution in [-0.2, 0) is 12.5 Å². The van der Waals surface area contributed by atoms with Crippen LogP contribution in [0, 0.1) is 0 Å². The number of anilines is 2. The first-order valence-corrected chi connectivity index (χ1v) is 12.4. The van der Waals surface area contributed by atoms with Gasteiger partial charge in [-0.05, 0) is 25.7 Å². The van der Waals surface area contributed by atoms with Crippen LogP contribution in [0.1, 0.15) is 90.4 Å². The van der Waals surface area contributed by atoms with E-state index in [0.29, 0.717) is 30.6 Å². The van der Waals surface area contributed by atoms with E-state index < -0.39 is 0 Å². The lowest BCUT2D eigenvalue weighted by Gasteiger charge is -2.24. The van der Waals surface area contributed by atoms with E-state index in [2.05, 4.69) is 34.9 Å². The Hall–Kier alpha value is -3.04. The molecule has 4 amide bonds. The fourth-order valence-electron chi connectivity index (χ4n) is 3.51. The number of unbranched alkanes of at least 4 members (excludes halogenated alkanes) is 2. The summed E-state index contributed by atoms with van der Waals surface area (Å²) in [5, 5.41) is 19.6. The average molecular weight is 473 g/mol. The second kappa shape index (κ2) is 10.9. The first-order valence-electron chi connectivity index (χ1n) is 12.4. The zero-order chi connectivity index (χ0) is 24.9. The summed E-state index contributed by atoms with van der Waals surface area (Å²) in [5.41, 5.74) is 1.45. The Kier molecular flexibility index (Phi) is 8.22. The molecule has 1 aliphatic carbocycles. The van der Waals surface area contributed by atoms with E-state index in [9.17, 15) is 9.59 Å². The minimum Gasteiger partial charge on any atom is -0.338 e. The van der Waals surface area contributed by atoms with E-state index in [4.69, 9.17) is 5.10 Å². The fourth-order valence-corrected chi connectivity index (χ4v) is 3.51. The molecule has 34 heavy (non-hydrogen) atoms. The number of nitrogens with one attached hydrogen (secondary N) is 3. The molecule has 0 spiro atoms. The van der Waals surface area contributed by atoms with Gasteiger partial charge in [0.15, 0.2) is 11.6 Å². The third kappa shape index (κ3) is 6.30. The summed E-state index contributed by atoms with van der Waals surface area (Å²) in [6.07, 6.45) is 5.94. The van der Waals surface area contributed by atoms with Crippen LogP contribution in [0.4, 0.5) is 21.2 Å². The van der Waals surface area contributed by atoms with Crippen molar-refractivity contribution in [1.82, 2.24) is 30.3 Å². The smallest absolute Gasteiger partial charge is 0.338 e. The lowest BCUT2D eigenvalue weighted by Crippen LogP contribution is -2.46. The van der Waals surface area contributed by atoms with Crippen LogP contribution in [0.3, 0.4) is 0 Å². The summed E-state index contributed by atoms with van der Waals surface area (Å²) in [7, 11) is 1.83. The highest BCUT2D eigenvalue weighted by molar-refractivity contribution is 5.93.